The fraction of sp³-hybridized carbons (Fsp3) is 0.0952. The molecule has 0 aliphatic rings. The van der Waals surface area contributed by atoms with Crippen LogP contribution in [0, 0.1) is 5.82 Å². The second-order valence-corrected chi connectivity index (χ2v) is 7.39. The van der Waals surface area contributed by atoms with E-state index >= 15 is 0 Å². The number of carbonyl (C=O) groups excluding carboxylic acids is 1. The third-order valence-corrected chi connectivity index (χ3v) is 4.88. The summed E-state index contributed by atoms with van der Waals surface area (Å²) in [6, 6.07) is 12.8. The SMILES string of the molecule is O=C(Nc1cnn(Cc2ccc(F)cc2)c1)c1ccn(COc2c(Cl)cccc2Cl)n1. The number of benzene rings is 2. The average Bonchev–Trinajstić information content (AvgIpc) is 3.39. The Morgan fingerprint density at radius 2 is 1.81 bits per heavy atom. The first kappa shape index (κ1) is 20.9. The molecule has 0 saturated carbocycles. The minimum atomic E-state index is -0.393. The number of ether oxygens (including phenoxy) is 1. The van der Waals surface area contributed by atoms with Crippen molar-refractivity contribution in [1.29, 1.82) is 0 Å². The Bertz CT molecular complexity index is 1190. The van der Waals surface area contributed by atoms with E-state index in [-0.39, 0.29) is 18.2 Å². The summed E-state index contributed by atoms with van der Waals surface area (Å²) in [6.07, 6.45) is 4.82. The molecule has 0 aliphatic carbocycles. The molecule has 0 radical (unpaired) electrons. The van der Waals surface area contributed by atoms with Gasteiger partial charge < -0.3 is 10.1 Å². The van der Waals surface area contributed by atoms with Crippen LogP contribution in [0.3, 0.4) is 0 Å². The van der Waals surface area contributed by atoms with Gasteiger partial charge in [-0.15, -0.1) is 0 Å². The van der Waals surface area contributed by atoms with E-state index in [1.165, 1.54) is 23.0 Å². The van der Waals surface area contributed by atoms with Gasteiger partial charge in [-0.25, -0.2) is 9.07 Å². The zero-order chi connectivity index (χ0) is 21.8. The van der Waals surface area contributed by atoms with Crippen LogP contribution < -0.4 is 10.1 Å². The molecule has 0 spiro atoms. The van der Waals surface area contributed by atoms with E-state index in [1.54, 1.807) is 53.5 Å². The molecule has 0 atom stereocenters. The Morgan fingerprint density at radius 3 is 2.55 bits per heavy atom. The second kappa shape index (κ2) is 9.20. The standard InChI is InChI=1S/C21H16Cl2FN5O2/c22-17-2-1-3-18(23)20(17)31-13-28-9-8-19(27-28)21(30)26-16-10-25-29(12-16)11-14-4-6-15(24)7-5-14/h1-10,12H,11,13H2,(H,26,30). The number of amides is 1. The highest BCUT2D eigenvalue weighted by Gasteiger charge is 2.12. The molecule has 31 heavy (non-hydrogen) atoms. The largest absolute Gasteiger partial charge is 0.468 e. The number of aromatic nitrogens is 4. The predicted molar refractivity (Wildman–Crippen MR) is 115 cm³/mol. The number of nitrogens with zero attached hydrogens (tertiary/aromatic N) is 4. The zero-order valence-electron chi connectivity index (χ0n) is 16.0. The van der Waals surface area contributed by atoms with Crippen LogP contribution in [0.5, 0.6) is 5.75 Å². The van der Waals surface area contributed by atoms with Gasteiger partial charge in [-0.2, -0.15) is 10.2 Å². The maximum absolute atomic E-state index is 13.0. The van der Waals surface area contributed by atoms with Crippen LogP contribution >= 0.6 is 23.2 Å². The Balaban J connectivity index is 1.35. The van der Waals surface area contributed by atoms with Gasteiger partial charge in [-0.3, -0.25) is 9.48 Å². The lowest BCUT2D eigenvalue weighted by atomic mass is 10.2. The summed E-state index contributed by atoms with van der Waals surface area (Å²) in [4.78, 5) is 12.5. The van der Waals surface area contributed by atoms with E-state index in [0.717, 1.165) is 5.56 Å². The molecular weight excluding hydrogens is 444 g/mol. The molecule has 0 unspecified atom stereocenters. The van der Waals surface area contributed by atoms with Gasteiger partial charge in [0.2, 0.25) is 0 Å². The Kier molecular flexibility index (Phi) is 6.20. The van der Waals surface area contributed by atoms with E-state index in [9.17, 15) is 9.18 Å². The third-order valence-electron chi connectivity index (χ3n) is 4.28. The van der Waals surface area contributed by atoms with Crippen LogP contribution in [0.25, 0.3) is 0 Å². The lowest BCUT2D eigenvalue weighted by Gasteiger charge is -2.09. The summed E-state index contributed by atoms with van der Waals surface area (Å²) in [5.41, 5.74) is 1.61. The van der Waals surface area contributed by atoms with Gasteiger partial charge in [0.1, 0.15) is 5.82 Å². The molecule has 4 rings (SSSR count). The Hall–Kier alpha value is -3.36. The molecule has 4 aromatic rings. The van der Waals surface area contributed by atoms with Crippen LogP contribution in [0.1, 0.15) is 16.1 Å². The highest BCUT2D eigenvalue weighted by molar-refractivity contribution is 6.37. The molecule has 7 nitrogen and oxygen atoms in total. The van der Waals surface area contributed by atoms with Crippen LogP contribution in [0.2, 0.25) is 10.0 Å². The third kappa shape index (κ3) is 5.22. The Labute approximate surface area is 187 Å². The number of carbonyl (C=O) groups is 1. The van der Waals surface area contributed by atoms with Gasteiger partial charge in [0, 0.05) is 12.4 Å². The van der Waals surface area contributed by atoms with E-state index in [4.69, 9.17) is 27.9 Å². The maximum atomic E-state index is 13.0. The topological polar surface area (TPSA) is 74.0 Å². The van der Waals surface area contributed by atoms with Crippen molar-refractivity contribution in [3.8, 4) is 5.75 Å². The maximum Gasteiger partial charge on any atom is 0.276 e. The number of hydrogen-bond donors (Lipinski definition) is 1. The van der Waals surface area contributed by atoms with Crippen molar-refractivity contribution in [1.82, 2.24) is 19.6 Å². The molecule has 2 aromatic heterocycles. The molecule has 0 fully saturated rings. The molecule has 0 aliphatic heterocycles. The van der Waals surface area contributed by atoms with Gasteiger partial charge in [0.05, 0.1) is 28.5 Å². The minimum Gasteiger partial charge on any atom is -0.468 e. The lowest BCUT2D eigenvalue weighted by molar-refractivity contribution is 0.102. The number of hydrogen-bond acceptors (Lipinski definition) is 4. The number of nitrogens with one attached hydrogen (secondary N) is 1. The predicted octanol–water partition coefficient (Wildman–Crippen LogP) is 4.86. The van der Waals surface area contributed by atoms with Crippen molar-refractivity contribution < 1.29 is 13.9 Å². The van der Waals surface area contributed by atoms with E-state index in [0.29, 0.717) is 28.0 Å². The summed E-state index contributed by atoms with van der Waals surface area (Å²) in [5, 5.41) is 11.9. The zero-order valence-corrected chi connectivity index (χ0v) is 17.5. The van der Waals surface area contributed by atoms with E-state index in [2.05, 4.69) is 15.5 Å². The number of anilines is 1. The van der Waals surface area contributed by atoms with Gasteiger partial charge in [-0.1, -0.05) is 41.4 Å². The molecule has 0 saturated heterocycles. The fourth-order valence-corrected chi connectivity index (χ4v) is 3.30. The molecule has 2 aromatic carbocycles. The first-order valence-corrected chi connectivity index (χ1v) is 9.92. The lowest BCUT2D eigenvalue weighted by Crippen LogP contribution is -2.14. The van der Waals surface area contributed by atoms with Crippen molar-refractivity contribution in [2.24, 2.45) is 0 Å². The summed E-state index contributed by atoms with van der Waals surface area (Å²) in [6.45, 7) is 0.485. The smallest absolute Gasteiger partial charge is 0.276 e. The highest BCUT2D eigenvalue weighted by Crippen LogP contribution is 2.32. The fourth-order valence-electron chi connectivity index (χ4n) is 2.79. The quantitative estimate of drug-likeness (QED) is 0.428. The monoisotopic (exact) mass is 459 g/mol. The molecule has 10 heteroatoms. The Morgan fingerprint density at radius 1 is 1.06 bits per heavy atom. The normalized spacial score (nSPS) is 10.8. The molecule has 2 heterocycles. The molecule has 0 bridgehead atoms. The van der Waals surface area contributed by atoms with E-state index < -0.39 is 5.91 Å². The van der Waals surface area contributed by atoms with Crippen molar-refractivity contribution >= 4 is 34.8 Å². The first-order valence-electron chi connectivity index (χ1n) is 9.16. The summed E-state index contributed by atoms with van der Waals surface area (Å²) < 4.78 is 21.7. The average molecular weight is 460 g/mol. The van der Waals surface area contributed by atoms with Crippen LogP contribution in [0.15, 0.2) is 67.1 Å². The van der Waals surface area contributed by atoms with E-state index in [1.807, 2.05) is 0 Å². The minimum absolute atomic E-state index is 0.0341. The van der Waals surface area contributed by atoms with Crippen molar-refractivity contribution in [2.45, 2.75) is 13.3 Å². The highest BCUT2D eigenvalue weighted by atomic mass is 35.5. The second-order valence-electron chi connectivity index (χ2n) is 6.57. The van der Waals surface area contributed by atoms with Crippen molar-refractivity contribution in [3.63, 3.8) is 0 Å². The molecule has 1 N–H and O–H groups in total. The number of para-hydroxylation sites is 1. The first-order chi connectivity index (χ1) is 15.0. The van der Waals surface area contributed by atoms with Crippen molar-refractivity contribution in [2.75, 3.05) is 5.32 Å². The van der Waals surface area contributed by atoms with Gasteiger partial charge >= 0.3 is 0 Å². The summed E-state index contributed by atoms with van der Waals surface area (Å²) >= 11 is 12.1. The van der Waals surface area contributed by atoms with Gasteiger partial charge in [0.15, 0.2) is 18.2 Å². The summed E-state index contributed by atoms with van der Waals surface area (Å²) in [7, 11) is 0. The van der Waals surface area contributed by atoms with Crippen LogP contribution in [-0.4, -0.2) is 25.5 Å². The van der Waals surface area contributed by atoms with Crippen LogP contribution in [-0.2, 0) is 13.3 Å². The van der Waals surface area contributed by atoms with Gasteiger partial charge in [-0.05, 0) is 35.9 Å². The molecular formula is C21H16Cl2FN5O2. The molecule has 1 amide bonds. The number of rotatable bonds is 7. The van der Waals surface area contributed by atoms with Crippen molar-refractivity contribution in [3.05, 3.63) is 94.2 Å². The summed E-state index contributed by atoms with van der Waals surface area (Å²) in [5.74, 6) is -0.339. The van der Waals surface area contributed by atoms with Gasteiger partial charge in [0.25, 0.3) is 5.91 Å². The number of halogens is 3. The van der Waals surface area contributed by atoms with Crippen LogP contribution in [0.4, 0.5) is 10.1 Å². The molecule has 158 valence electrons.